The number of benzene rings is 1. The van der Waals surface area contributed by atoms with Crippen molar-refractivity contribution in [3.05, 3.63) is 41.5 Å². The normalized spacial score (nSPS) is 9.67. The molecule has 7 nitrogen and oxygen atoms in total. The Labute approximate surface area is 121 Å². The highest BCUT2D eigenvalue weighted by Gasteiger charge is 2.14. The third-order valence-corrected chi connectivity index (χ3v) is 2.87. The predicted molar refractivity (Wildman–Crippen MR) is 75.4 cm³/mol. The monoisotopic (exact) mass is 280 g/mol. The van der Waals surface area contributed by atoms with Crippen molar-refractivity contribution in [3.63, 3.8) is 0 Å². The van der Waals surface area contributed by atoms with E-state index < -0.39 is 0 Å². The predicted octanol–water partition coefficient (Wildman–Crippen LogP) is 0.948. The van der Waals surface area contributed by atoms with Crippen LogP contribution in [0, 0.1) is 22.7 Å². The number of hydrogen-bond acceptors (Lipinski definition) is 5. The molecule has 0 unspecified atom stereocenters. The molecule has 0 saturated carbocycles. The van der Waals surface area contributed by atoms with E-state index >= 15 is 0 Å². The SMILES string of the molecule is CCNC(=O)c1ccc(-n2cnc(C#N)c2C#N)c(N)c1. The van der Waals surface area contributed by atoms with Crippen molar-refractivity contribution in [3.8, 4) is 17.8 Å². The molecule has 104 valence electrons. The molecule has 0 bridgehead atoms. The van der Waals surface area contributed by atoms with Gasteiger partial charge in [-0.15, -0.1) is 0 Å². The standard InChI is InChI=1S/C14H12N6O/c1-2-18-14(21)9-3-4-12(10(17)5-9)20-8-19-11(6-15)13(20)7-16/h3-5,8H,2,17H2,1H3,(H,18,21). The summed E-state index contributed by atoms with van der Waals surface area (Å²) >= 11 is 0. The molecule has 0 aliphatic carbocycles. The van der Waals surface area contributed by atoms with E-state index in [1.54, 1.807) is 12.1 Å². The summed E-state index contributed by atoms with van der Waals surface area (Å²) in [6.07, 6.45) is 1.36. The van der Waals surface area contributed by atoms with Crippen LogP contribution in [0.5, 0.6) is 0 Å². The molecule has 0 fully saturated rings. The lowest BCUT2D eigenvalue weighted by atomic mass is 10.1. The number of rotatable bonds is 3. The van der Waals surface area contributed by atoms with Gasteiger partial charge in [-0.3, -0.25) is 9.36 Å². The first kappa shape index (κ1) is 14.1. The second-order valence-corrected chi connectivity index (χ2v) is 4.17. The molecule has 0 radical (unpaired) electrons. The van der Waals surface area contributed by atoms with Gasteiger partial charge in [0.2, 0.25) is 0 Å². The molecule has 3 N–H and O–H groups in total. The van der Waals surface area contributed by atoms with E-state index in [1.165, 1.54) is 17.0 Å². The van der Waals surface area contributed by atoms with Crippen molar-refractivity contribution in [1.29, 1.82) is 10.5 Å². The summed E-state index contributed by atoms with van der Waals surface area (Å²) < 4.78 is 1.43. The number of nitrogens with zero attached hydrogens (tertiary/aromatic N) is 4. The van der Waals surface area contributed by atoms with Crippen LogP contribution in [0.15, 0.2) is 24.5 Å². The average Bonchev–Trinajstić information content (AvgIpc) is 2.90. The summed E-state index contributed by atoms with van der Waals surface area (Å²) in [6.45, 7) is 2.34. The first-order chi connectivity index (χ1) is 10.1. The highest BCUT2D eigenvalue weighted by Crippen LogP contribution is 2.21. The van der Waals surface area contributed by atoms with Crippen molar-refractivity contribution in [2.45, 2.75) is 6.92 Å². The van der Waals surface area contributed by atoms with Gasteiger partial charge in [0.25, 0.3) is 5.91 Å². The number of carbonyl (C=O) groups excluding carboxylic acids is 1. The van der Waals surface area contributed by atoms with Gasteiger partial charge >= 0.3 is 0 Å². The van der Waals surface area contributed by atoms with Crippen LogP contribution in [0.25, 0.3) is 5.69 Å². The zero-order valence-corrected chi connectivity index (χ0v) is 11.3. The molecule has 0 spiro atoms. The minimum Gasteiger partial charge on any atom is -0.397 e. The molecule has 2 rings (SSSR count). The number of anilines is 1. The average molecular weight is 280 g/mol. The second-order valence-electron chi connectivity index (χ2n) is 4.17. The maximum absolute atomic E-state index is 11.7. The summed E-state index contributed by atoms with van der Waals surface area (Å²) in [5.41, 5.74) is 7.32. The molecule has 0 aliphatic heterocycles. The lowest BCUT2D eigenvalue weighted by Crippen LogP contribution is -2.22. The van der Waals surface area contributed by atoms with Gasteiger partial charge in [-0.25, -0.2) is 4.98 Å². The van der Waals surface area contributed by atoms with E-state index in [9.17, 15) is 4.79 Å². The van der Waals surface area contributed by atoms with E-state index in [2.05, 4.69) is 10.3 Å². The van der Waals surface area contributed by atoms with E-state index in [0.717, 1.165) is 0 Å². The number of nitrogen functional groups attached to an aromatic ring is 1. The molecule has 1 heterocycles. The fourth-order valence-corrected chi connectivity index (χ4v) is 1.90. The molecule has 1 aromatic heterocycles. The Kier molecular flexibility index (Phi) is 3.87. The summed E-state index contributed by atoms with van der Waals surface area (Å²) in [4.78, 5) is 15.6. The maximum atomic E-state index is 11.7. The Balaban J connectivity index is 2.48. The first-order valence-corrected chi connectivity index (χ1v) is 6.18. The molecular formula is C14H12N6O. The molecule has 7 heteroatoms. The number of hydrogen-bond donors (Lipinski definition) is 2. The smallest absolute Gasteiger partial charge is 0.251 e. The number of imidazole rings is 1. The van der Waals surface area contributed by atoms with Gasteiger partial charge < -0.3 is 11.1 Å². The molecule has 0 atom stereocenters. The minimum atomic E-state index is -0.223. The third-order valence-electron chi connectivity index (χ3n) is 2.87. The fourth-order valence-electron chi connectivity index (χ4n) is 1.90. The van der Waals surface area contributed by atoms with Crippen LogP contribution in [0.1, 0.15) is 28.7 Å². The van der Waals surface area contributed by atoms with Gasteiger partial charge in [0.1, 0.15) is 18.5 Å². The largest absolute Gasteiger partial charge is 0.397 e. The van der Waals surface area contributed by atoms with Gasteiger partial charge in [-0.05, 0) is 25.1 Å². The van der Waals surface area contributed by atoms with Gasteiger partial charge in [0.05, 0.1) is 11.4 Å². The second kappa shape index (κ2) is 5.76. The van der Waals surface area contributed by atoms with E-state index in [1.807, 2.05) is 19.1 Å². The number of aromatic nitrogens is 2. The number of nitrogens with one attached hydrogen (secondary N) is 1. The van der Waals surface area contributed by atoms with E-state index in [0.29, 0.717) is 23.5 Å². The van der Waals surface area contributed by atoms with E-state index in [-0.39, 0.29) is 17.3 Å². The highest BCUT2D eigenvalue weighted by atomic mass is 16.1. The summed E-state index contributed by atoms with van der Waals surface area (Å²) in [7, 11) is 0. The summed E-state index contributed by atoms with van der Waals surface area (Å²) in [6, 6.07) is 8.50. The number of nitriles is 2. The van der Waals surface area contributed by atoms with Crippen molar-refractivity contribution >= 4 is 11.6 Å². The first-order valence-electron chi connectivity index (χ1n) is 6.18. The van der Waals surface area contributed by atoms with Gasteiger partial charge in [-0.1, -0.05) is 0 Å². The Morgan fingerprint density at radius 1 is 1.43 bits per heavy atom. The zero-order valence-electron chi connectivity index (χ0n) is 11.3. The fraction of sp³-hybridized carbons (Fsp3) is 0.143. The van der Waals surface area contributed by atoms with Crippen molar-refractivity contribution in [2.75, 3.05) is 12.3 Å². The van der Waals surface area contributed by atoms with Crippen LogP contribution in [-0.4, -0.2) is 22.0 Å². The quantitative estimate of drug-likeness (QED) is 0.811. The molecule has 1 aromatic carbocycles. The summed E-state index contributed by atoms with van der Waals surface area (Å²) in [5, 5.41) is 20.7. The number of nitrogens with two attached hydrogens (primary N) is 1. The Bertz CT molecular complexity index is 778. The molecule has 0 saturated heterocycles. The lowest BCUT2D eigenvalue weighted by Gasteiger charge is -2.09. The van der Waals surface area contributed by atoms with Crippen LogP contribution in [0.2, 0.25) is 0 Å². The number of carbonyl (C=O) groups is 1. The topological polar surface area (TPSA) is 121 Å². The van der Waals surface area contributed by atoms with Crippen LogP contribution in [-0.2, 0) is 0 Å². The summed E-state index contributed by atoms with van der Waals surface area (Å²) in [5.74, 6) is -0.223. The Morgan fingerprint density at radius 2 is 2.19 bits per heavy atom. The van der Waals surface area contributed by atoms with Crippen molar-refractivity contribution in [1.82, 2.24) is 14.9 Å². The maximum Gasteiger partial charge on any atom is 0.251 e. The minimum absolute atomic E-state index is 0.0321. The lowest BCUT2D eigenvalue weighted by molar-refractivity contribution is 0.0956. The zero-order chi connectivity index (χ0) is 15.4. The van der Waals surface area contributed by atoms with Crippen LogP contribution in [0.3, 0.4) is 0 Å². The highest BCUT2D eigenvalue weighted by molar-refractivity contribution is 5.95. The number of amides is 1. The molecule has 2 aromatic rings. The van der Waals surface area contributed by atoms with Crippen molar-refractivity contribution < 1.29 is 4.79 Å². The Hall–Kier alpha value is -3.32. The van der Waals surface area contributed by atoms with E-state index in [4.69, 9.17) is 16.3 Å². The van der Waals surface area contributed by atoms with Crippen LogP contribution >= 0.6 is 0 Å². The van der Waals surface area contributed by atoms with Crippen LogP contribution in [0.4, 0.5) is 5.69 Å². The molecular weight excluding hydrogens is 268 g/mol. The molecule has 21 heavy (non-hydrogen) atoms. The van der Waals surface area contributed by atoms with Crippen molar-refractivity contribution in [2.24, 2.45) is 0 Å². The molecule has 0 aliphatic rings. The van der Waals surface area contributed by atoms with Gasteiger partial charge in [0.15, 0.2) is 11.4 Å². The Morgan fingerprint density at radius 3 is 2.76 bits per heavy atom. The van der Waals surface area contributed by atoms with Gasteiger partial charge in [-0.2, -0.15) is 10.5 Å². The van der Waals surface area contributed by atoms with Gasteiger partial charge in [0, 0.05) is 12.1 Å². The third kappa shape index (κ3) is 2.53. The van der Waals surface area contributed by atoms with Crippen LogP contribution < -0.4 is 11.1 Å². The molecule has 1 amide bonds.